The third-order valence-corrected chi connectivity index (χ3v) is 2.68. The zero-order valence-corrected chi connectivity index (χ0v) is 8.55. The van der Waals surface area contributed by atoms with Crippen molar-refractivity contribution in [2.75, 3.05) is 6.61 Å². The molecule has 1 unspecified atom stereocenters. The van der Waals surface area contributed by atoms with E-state index in [-0.39, 0.29) is 11.9 Å². The maximum atomic E-state index is 12.9. The van der Waals surface area contributed by atoms with Crippen LogP contribution in [0.1, 0.15) is 17.3 Å². The lowest BCUT2D eigenvalue weighted by Gasteiger charge is -2.07. The number of aliphatic hydroxyl groups excluding tert-OH is 1. The Labute approximate surface area is 86.1 Å². The molecular formula is C10H11FO2S. The van der Waals surface area contributed by atoms with Crippen LogP contribution in [-0.4, -0.2) is 23.2 Å². The van der Waals surface area contributed by atoms with Crippen molar-refractivity contribution in [2.45, 2.75) is 17.1 Å². The van der Waals surface area contributed by atoms with Gasteiger partial charge in [-0.2, -0.15) is 0 Å². The van der Waals surface area contributed by atoms with E-state index in [1.54, 1.807) is 6.07 Å². The summed E-state index contributed by atoms with van der Waals surface area (Å²) in [6.45, 7) is 1.85. The van der Waals surface area contributed by atoms with E-state index in [0.29, 0.717) is 16.7 Å². The van der Waals surface area contributed by atoms with Gasteiger partial charge in [0.25, 0.3) is 0 Å². The minimum atomic E-state index is -0.428. The SMILES string of the molecule is CC(CO)Sc1cc(F)cc(C=O)c1. The molecule has 0 aliphatic heterocycles. The average molecular weight is 214 g/mol. The fourth-order valence-corrected chi connectivity index (χ4v) is 1.91. The molecule has 0 fully saturated rings. The van der Waals surface area contributed by atoms with Crippen LogP contribution in [0, 0.1) is 5.82 Å². The predicted molar refractivity (Wildman–Crippen MR) is 54.2 cm³/mol. The lowest BCUT2D eigenvalue weighted by molar-refractivity contribution is 0.112. The highest BCUT2D eigenvalue weighted by molar-refractivity contribution is 8.00. The molecule has 0 aliphatic carbocycles. The average Bonchev–Trinajstić information content (AvgIpc) is 2.16. The van der Waals surface area contributed by atoms with Crippen LogP contribution >= 0.6 is 11.8 Å². The molecule has 0 amide bonds. The molecular weight excluding hydrogens is 203 g/mol. The molecule has 0 saturated carbocycles. The van der Waals surface area contributed by atoms with Gasteiger partial charge in [0.15, 0.2) is 0 Å². The van der Waals surface area contributed by atoms with Crippen molar-refractivity contribution in [1.82, 2.24) is 0 Å². The standard InChI is InChI=1S/C10H11FO2S/c1-7(5-12)14-10-3-8(6-13)2-9(11)4-10/h2-4,6-7,12H,5H2,1H3. The summed E-state index contributed by atoms with van der Waals surface area (Å²) >= 11 is 1.34. The van der Waals surface area contributed by atoms with E-state index in [1.807, 2.05) is 6.92 Å². The molecule has 76 valence electrons. The van der Waals surface area contributed by atoms with E-state index < -0.39 is 5.82 Å². The van der Waals surface area contributed by atoms with Gasteiger partial charge >= 0.3 is 0 Å². The number of halogens is 1. The maximum absolute atomic E-state index is 12.9. The number of aliphatic hydroxyl groups is 1. The van der Waals surface area contributed by atoms with Crippen molar-refractivity contribution in [3.05, 3.63) is 29.6 Å². The molecule has 0 aromatic heterocycles. The minimum absolute atomic E-state index is 0.00342. The molecule has 1 aromatic rings. The fourth-order valence-electron chi connectivity index (χ4n) is 0.990. The molecule has 4 heteroatoms. The molecule has 1 N–H and O–H groups in total. The van der Waals surface area contributed by atoms with E-state index >= 15 is 0 Å². The molecule has 0 heterocycles. The largest absolute Gasteiger partial charge is 0.395 e. The Hall–Kier alpha value is -0.870. The second-order valence-corrected chi connectivity index (χ2v) is 4.46. The van der Waals surface area contributed by atoms with Gasteiger partial charge < -0.3 is 5.11 Å². The molecule has 1 rings (SSSR count). The lowest BCUT2D eigenvalue weighted by Crippen LogP contribution is -2.01. The van der Waals surface area contributed by atoms with Gasteiger partial charge in [0.1, 0.15) is 12.1 Å². The first kappa shape index (κ1) is 11.2. The lowest BCUT2D eigenvalue weighted by atomic mass is 10.2. The van der Waals surface area contributed by atoms with E-state index in [1.165, 1.54) is 23.9 Å². The summed E-state index contributed by atoms with van der Waals surface area (Å²) in [5.74, 6) is -0.428. The Morgan fingerprint density at radius 3 is 2.86 bits per heavy atom. The van der Waals surface area contributed by atoms with E-state index in [9.17, 15) is 9.18 Å². The molecule has 0 aliphatic rings. The molecule has 0 saturated heterocycles. The van der Waals surface area contributed by atoms with Crippen LogP contribution in [0.3, 0.4) is 0 Å². The van der Waals surface area contributed by atoms with Crippen LogP contribution in [0.5, 0.6) is 0 Å². The van der Waals surface area contributed by atoms with Gasteiger partial charge in [-0.3, -0.25) is 4.79 Å². The normalized spacial score (nSPS) is 12.5. The Bertz CT molecular complexity index is 328. The van der Waals surface area contributed by atoms with Crippen molar-refractivity contribution in [2.24, 2.45) is 0 Å². The van der Waals surface area contributed by atoms with Crippen molar-refractivity contribution in [3.8, 4) is 0 Å². The highest BCUT2D eigenvalue weighted by Crippen LogP contribution is 2.24. The Morgan fingerprint density at radius 1 is 1.57 bits per heavy atom. The zero-order chi connectivity index (χ0) is 10.6. The highest BCUT2D eigenvalue weighted by Gasteiger charge is 2.05. The number of rotatable bonds is 4. The first-order valence-corrected chi connectivity index (χ1v) is 5.07. The predicted octanol–water partition coefficient (Wildman–Crippen LogP) is 2.11. The summed E-state index contributed by atoms with van der Waals surface area (Å²) in [6.07, 6.45) is 0.608. The number of aldehydes is 1. The van der Waals surface area contributed by atoms with Gasteiger partial charge in [0.05, 0.1) is 6.61 Å². The van der Waals surface area contributed by atoms with Crippen LogP contribution in [0.25, 0.3) is 0 Å². The summed E-state index contributed by atoms with van der Waals surface area (Å²) in [5, 5.41) is 8.80. The number of hydrogen-bond acceptors (Lipinski definition) is 3. The van der Waals surface area contributed by atoms with Gasteiger partial charge in [-0.15, -0.1) is 11.8 Å². The van der Waals surface area contributed by atoms with Gasteiger partial charge in [0, 0.05) is 15.7 Å². The molecule has 1 atom stereocenters. The molecule has 14 heavy (non-hydrogen) atoms. The fraction of sp³-hybridized carbons (Fsp3) is 0.300. The number of benzene rings is 1. The van der Waals surface area contributed by atoms with Gasteiger partial charge in [-0.05, 0) is 18.2 Å². The topological polar surface area (TPSA) is 37.3 Å². The van der Waals surface area contributed by atoms with Gasteiger partial charge in [0.2, 0.25) is 0 Å². The number of carbonyl (C=O) groups is 1. The quantitative estimate of drug-likeness (QED) is 0.616. The van der Waals surface area contributed by atoms with Crippen molar-refractivity contribution < 1.29 is 14.3 Å². The highest BCUT2D eigenvalue weighted by atomic mass is 32.2. The molecule has 0 bridgehead atoms. The summed E-state index contributed by atoms with van der Waals surface area (Å²) in [5.41, 5.74) is 0.317. The third-order valence-electron chi connectivity index (χ3n) is 1.62. The summed E-state index contributed by atoms with van der Waals surface area (Å²) in [7, 11) is 0. The molecule has 1 aromatic carbocycles. The van der Waals surface area contributed by atoms with Crippen LogP contribution in [0.15, 0.2) is 23.1 Å². The van der Waals surface area contributed by atoms with Crippen molar-refractivity contribution in [3.63, 3.8) is 0 Å². The summed E-state index contributed by atoms with van der Waals surface area (Å²) in [6, 6.07) is 4.14. The van der Waals surface area contributed by atoms with Crippen molar-refractivity contribution in [1.29, 1.82) is 0 Å². The number of carbonyl (C=O) groups excluding carboxylic acids is 1. The Kier molecular flexibility index (Phi) is 4.10. The summed E-state index contributed by atoms with van der Waals surface area (Å²) in [4.78, 5) is 11.1. The van der Waals surface area contributed by atoms with Gasteiger partial charge in [-0.25, -0.2) is 4.39 Å². The maximum Gasteiger partial charge on any atom is 0.150 e. The number of thioether (sulfide) groups is 1. The van der Waals surface area contributed by atoms with Crippen LogP contribution in [0.4, 0.5) is 4.39 Å². The second kappa shape index (κ2) is 5.12. The number of hydrogen-bond donors (Lipinski definition) is 1. The summed E-state index contributed by atoms with van der Waals surface area (Å²) < 4.78 is 12.9. The van der Waals surface area contributed by atoms with E-state index in [2.05, 4.69) is 0 Å². The second-order valence-electron chi connectivity index (χ2n) is 2.95. The Balaban J connectivity index is 2.86. The van der Waals surface area contributed by atoms with Crippen molar-refractivity contribution >= 4 is 18.0 Å². The van der Waals surface area contributed by atoms with E-state index in [4.69, 9.17) is 5.11 Å². The first-order valence-electron chi connectivity index (χ1n) is 4.19. The first-order chi connectivity index (χ1) is 6.65. The molecule has 0 radical (unpaired) electrons. The van der Waals surface area contributed by atoms with Crippen LogP contribution in [-0.2, 0) is 0 Å². The van der Waals surface area contributed by atoms with Crippen LogP contribution < -0.4 is 0 Å². The monoisotopic (exact) mass is 214 g/mol. The molecule has 0 spiro atoms. The Morgan fingerprint density at radius 2 is 2.29 bits per heavy atom. The third kappa shape index (κ3) is 3.12. The van der Waals surface area contributed by atoms with E-state index in [0.717, 1.165) is 0 Å². The minimum Gasteiger partial charge on any atom is -0.395 e. The zero-order valence-electron chi connectivity index (χ0n) is 7.74. The van der Waals surface area contributed by atoms with Gasteiger partial charge in [-0.1, -0.05) is 6.92 Å². The smallest absolute Gasteiger partial charge is 0.150 e. The van der Waals surface area contributed by atoms with Crippen LogP contribution in [0.2, 0.25) is 0 Å². The molecule has 2 nitrogen and oxygen atoms in total.